The standard InChI is InChI=1S/C13H18N4OS/c1-7-5-17(6-8(2)18-7)12-10(14)4-15-13-11(12)16-9(3)19-13/h4,7-8H,5-6,14H2,1-3H3. The van der Waals surface area contributed by atoms with Gasteiger partial charge in [-0.05, 0) is 20.8 Å². The van der Waals surface area contributed by atoms with Gasteiger partial charge >= 0.3 is 0 Å². The quantitative estimate of drug-likeness (QED) is 0.866. The Morgan fingerprint density at radius 3 is 2.74 bits per heavy atom. The number of rotatable bonds is 1. The number of morpholine rings is 1. The van der Waals surface area contributed by atoms with Crippen molar-refractivity contribution < 1.29 is 4.74 Å². The van der Waals surface area contributed by atoms with E-state index < -0.39 is 0 Å². The van der Waals surface area contributed by atoms with E-state index in [-0.39, 0.29) is 12.2 Å². The highest BCUT2D eigenvalue weighted by Gasteiger charge is 2.26. The van der Waals surface area contributed by atoms with E-state index in [1.807, 2.05) is 6.92 Å². The fraction of sp³-hybridized carbons (Fsp3) is 0.538. The predicted octanol–water partition coefficient (Wildman–Crippen LogP) is 2.20. The molecule has 1 aliphatic heterocycles. The van der Waals surface area contributed by atoms with E-state index in [9.17, 15) is 0 Å². The van der Waals surface area contributed by atoms with Gasteiger partial charge in [0.1, 0.15) is 10.3 Å². The van der Waals surface area contributed by atoms with E-state index >= 15 is 0 Å². The first-order valence-corrected chi connectivity index (χ1v) is 7.28. The summed E-state index contributed by atoms with van der Waals surface area (Å²) >= 11 is 1.60. The minimum absolute atomic E-state index is 0.200. The fourth-order valence-electron chi connectivity index (χ4n) is 2.68. The largest absolute Gasteiger partial charge is 0.396 e. The van der Waals surface area contributed by atoms with Crippen LogP contribution < -0.4 is 10.6 Å². The number of pyridine rings is 1. The lowest BCUT2D eigenvalue weighted by Crippen LogP contribution is -2.45. The van der Waals surface area contributed by atoms with Crippen LogP contribution in [-0.4, -0.2) is 35.3 Å². The second kappa shape index (κ2) is 4.61. The summed E-state index contributed by atoms with van der Waals surface area (Å²) in [6.45, 7) is 7.85. The van der Waals surface area contributed by atoms with Crippen LogP contribution in [-0.2, 0) is 4.74 Å². The maximum atomic E-state index is 6.14. The Balaban J connectivity index is 2.10. The summed E-state index contributed by atoms with van der Waals surface area (Å²) < 4.78 is 5.78. The van der Waals surface area contributed by atoms with Gasteiger partial charge in [0.15, 0.2) is 0 Å². The number of ether oxygens (including phenoxy) is 1. The van der Waals surface area contributed by atoms with Crippen molar-refractivity contribution in [1.82, 2.24) is 9.97 Å². The number of hydrogen-bond donors (Lipinski definition) is 1. The first-order chi connectivity index (χ1) is 9.04. The second-order valence-electron chi connectivity index (χ2n) is 5.11. The van der Waals surface area contributed by atoms with E-state index in [2.05, 4.69) is 28.7 Å². The molecule has 1 fully saturated rings. The highest BCUT2D eigenvalue weighted by atomic mass is 32.1. The lowest BCUT2D eigenvalue weighted by molar-refractivity contribution is -0.00509. The van der Waals surface area contributed by atoms with Crippen LogP contribution in [0, 0.1) is 6.92 Å². The number of fused-ring (bicyclic) bond motifs is 1. The van der Waals surface area contributed by atoms with Crippen LogP contribution in [0.4, 0.5) is 11.4 Å². The molecule has 0 aromatic carbocycles. The van der Waals surface area contributed by atoms with Gasteiger partial charge in [-0.25, -0.2) is 9.97 Å². The van der Waals surface area contributed by atoms with Gasteiger partial charge in [0.2, 0.25) is 0 Å². The Kier molecular flexibility index (Phi) is 3.06. The third kappa shape index (κ3) is 2.26. The summed E-state index contributed by atoms with van der Waals surface area (Å²) in [6, 6.07) is 0. The predicted molar refractivity (Wildman–Crippen MR) is 78.8 cm³/mol. The molecule has 3 heterocycles. The number of thiazole rings is 1. The molecule has 0 spiro atoms. The van der Waals surface area contributed by atoms with E-state index in [1.54, 1.807) is 17.5 Å². The molecule has 6 heteroatoms. The SMILES string of the molecule is Cc1nc2c(N3CC(C)OC(C)C3)c(N)cnc2s1. The van der Waals surface area contributed by atoms with Crippen molar-refractivity contribution in [1.29, 1.82) is 0 Å². The van der Waals surface area contributed by atoms with Crippen LogP contribution in [0.25, 0.3) is 10.3 Å². The van der Waals surface area contributed by atoms with Gasteiger partial charge in [-0.2, -0.15) is 0 Å². The minimum atomic E-state index is 0.200. The molecule has 0 amide bonds. The molecule has 2 aromatic rings. The lowest BCUT2D eigenvalue weighted by Gasteiger charge is -2.37. The van der Waals surface area contributed by atoms with Gasteiger partial charge in [0, 0.05) is 13.1 Å². The van der Waals surface area contributed by atoms with E-state index in [4.69, 9.17) is 10.5 Å². The molecule has 2 atom stereocenters. The number of aromatic nitrogens is 2. The minimum Gasteiger partial charge on any atom is -0.396 e. The summed E-state index contributed by atoms with van der Waals surface area (Å²) in [7, 11) is 0. The molecular formula is C13H18N4OS. The van der Waals surface area contributed by atoms with Crippen LogP contribution in [0.15, 0.2) is 6.20 Å². The Labute approximate surface area is 116 Å². The first-order valence-electron chi connectivity index (χ1n) is 6.46. The summed E-state index contributed by atoms with van der Waals surface area (Å²) in [6.07, 6.45) is 2.14. The monoisotopic (exact) mass is 278 g/mol. The molecule has 102 valence electrons. The average molecular weight is 278 g/mol. The van der Waals surface area contributed by atoms with Gasteiger partial charge in [-0.15, -0.1) is 0 Å². The molecule has 2 N–H and O–H groups in total. The molecule has 0 aliphatic carbocycles. The molecule has 1 saturated heterocycles. The third-order valence-corrected chi connectivity index (χ3v) is 4.15. The topological polar surface area (TPSA) is 64.3 Å². The Hall–Kier alpha value is -1.40. The highest BCUT2D eigenvalue weighted by Crippen LogP contribution is 2.35. The average Bonchev–Trinajstić information content (AvgIpc) is 2.67. The molecule has 0 saturated carbocycles. The molecule has 1 aliphatic rings. The zero-order valence-electron chi connectivity index (χ0n) is 11.4. The molecule has 2 unspecified atom stereocenters. The highest BCUT2D eigenvalue weighted by molar-refractivity contribution is 7.18. The van der Waals surface area contributed by atoms with Gasteiger partial charge in [-0.3, -0.25) is 0 Å². The van der Waals surface area contributed by atoms with Crippen molar-refractivity contribution >= 4 is 33.1 Å². The fourth-order valence-corrected chi connectivity index (χ4v) is 3.44. The van der Waals surface area contributed by atoms with Crippen LogP contribution >= 0.6 is 11.3 Å². The normalized spacial score (nSPS) is 24.1. The Morgan fingerprint density at radius 1 is 1.37 bits per heavy atom. The van der Waals surface area contributed by atoms with Crippen molar-refractivity contribution in [3.63, 3.8) is 0 Å². The molecule has 0 bridgehead atoms. The second-order valence-corrected chi connectivity index (χ2v) is 6.29. The lowest BCUT2D eigenvalue weighted by atomic mass is 10.2. The van der Waals surface area contributed by atoms with Crippen molar-refractivity contribution in [2.75, 3.05) is 23.7 Å². The number of aryl methyl sites for hydroxylation is 1. The van der Waals surface area contributed by atoms with Crippen LogP contribution in [0.3, 0.4) is 0 Å². The van der Waals surface area contributed by atoms with Crippen molar-refractivity contribution in [2.24, 2.45) is 0 Å². The number of anilines is 2. The van der Waals surface area contributed by atoms with Crippen LogP contribution in [0.2, 0.25) is 0 Å². The molecule has 19 heavy (non-hydrogen) atoms. The number of nitrogen functional groups attached to an aromatic ring is 1. The molecular weight excluding hydrogens is 260 g/mol. The third-order valence-electron chi connectivity index (χ3n) is 3.27. The summed E-state index contributed by atoms with van der Waals surface area (Å²) in [5.74, 6) is 0. The first kappa shape index (κ1) is 12.6. The number of hydrogen-bond acceptors (Lipinski definition) is 6. The zero-order valence-corrected chi connectivity index (χ0v) is 12.2. The van der Waals surface area contributed by atoms with Gasteiger partial charge in [0.25, 0.3) is 0 Å². The summed E-state index contributed by atoms with van der Waals surface area (Å²) in [5.41, 5.74) is 8.76. The molecule has 3 rings (SSSR count). The molecule has 5 nitrogen and oxygen atoms in total. The van der Waals surface area contributed by atoms with Crippen molar-refractivity contribution in [3.05, 3.63) is 11.2 Å². The molecule has 2 aromatic heterocycles. The number of nitrogens with zero attached hydrogens (tertiary/aromatic N) is 3. The van der Waals surface area contributed by atoms with E-state index in [0.29, 0.717) is 5.69 Å². The summed E-state index contributed by atoms with van der Waals surface area (Å²) in [5, 5.41) is 1.02. The number of nitrogens with two attached hydrogens (primary N) is 1. The Bertz CT molecular complexity index is 602. The van der Waals surface area contributed by atoms with E-state index in [1.165, 1.54) is 0 Å². The maximum Gasteiger partial charge on any atom is 0.145 e. The maximum absolute atomic E-state index is 6.14. The van der Waals surface area contributed by atoms with Crippen LogP contribution in [0.5, 0.6) is 0 Å². The smallest absolute Gasteiger partial charge is 0.145 e. The van der Waals surface area contributed by atoms with Gasteiger partial charge in [-0.1, -0.05) is 11.3 Å². The van der Waals surface area contributed by atoms with Gasteiger partial charge < -0.3 is 15.4 Å². The Morgan fingerprint density at radius 2 is 2.05 bits per heavy atom. The van der Waals surface area contributed by atoms with Crippen molar-refractivity contribution in [3.8, 4) is 0 Å². The van der Waals surface area contributed by atoms with Crippen molar-refractivity contribution in [2.45, 2.75) is 33.0 Å². The van der Waals surface area contributed by atoms with Gasteiger partial charge in [0.05, 0.1) is 34.8 Å². The summed E-state index contributed by atoms with van der Waals surface area (Å²) in [4.78, 5) is 12.2. The van der Waals surface area contributed by atoms with E-state index in [0.717, 1.165) is 34.1 Å². The zero-order chi connectivity index (χ0) is 13.6. The molecule has 0 radical (unpaired) electrons. The van der Waals surface area contributed by atoms with Crippen LogP contribution in [0.1, 0.15) is 18.9 Å².